The first kappa shape index (κ1) is 9.00. The molecule has 2 aromatic rings. The first-order chi connectivity index (χ1) is 6.72. The van der Waals surface area contributed by atoms with Crippen molar-refractivity contribution in [1.82, 2.24) is 4.98 Å². The molecule has 2 heteroatoms. The number of aldehydes is 1. The Balaban J connectivity index is 2.66. The minimum atomic E-state index is -0.0365. The molecule has 0 bridgehead atoms. The third-order valence-corrected chi connectivity index (χ3v) is 2.56. The highest BCUT2D eigenvalue weighted by Crippen LogP contribution is 2.24. The quantitative estimate of drug-likeness (QED) is 0.720. The molecule has 0 aliphatic carbocycles. The van der Waals surface area contributed by atoms with Gasteiger partial charge in [0.15, 0.2) is 0 Å². The van der Waals surface area contributed by atoms with Gasteiger partial charge in [0.1, 0.15) is 6.29 Å². The van der Waals surface area contributed by atoms with Gasteiger partial charge in [0.25, 0.3) is 0 Å². The summed E-state index contributed by atoms with van der Waals surface area (Å²) in [5.41, 5.74) is 3.40. The van der Waals surface area contributed by atoms with Crippen LogP contribution in [0.5, 0.6) is 0 Å². The van der Waals surface area contributed by atoms with Crippen LogP contribution in [0.3, 0.4) is 0 Å². The summed E-state index contributed by atoms with van der Waals surface area (Å²) in [4.78, 5) is 13.9. The van der Waals surface area contributed by atoms with E-state index in [0.29, 0.717) is 0 Å². The number of aromatic amines is 1. The molecule has 2 rings (SSSR count). The Labute approximate surface area is 82.9 Å². The summed E-state index contributed by atoms with van der Waals surface area (Å²) in [6.45, 7) is 3.97. The molecule has 1 aromatic heterocycles. The molecule has 0 saturated carbocycles. The number of H-pyrrole nitrogens is 1. The first-order valence-electron chi connectivity index (χ1n) is 4.75. The van der Waals surface area contributed by atoms with Crippen molar-refractivity contribution >= 4 is 17.2 Å². The number of hydrogen-bond acceptors (Lipinski definition) is 1. The molecule has 72 valence electrons. The minimum absolute atomic E-state index is 0.0365. The van der Waals surface area contributed by atoms with E-state index in [-0.39, 0.29) is 5.92 Å². The first-order valence-corrected chi connectivity index (χ1v) is 4.75. The topological polar surface area (TPSA) is 32.9 Å². The van der Waals surface area contributed by atoms with E-state index in [2.05, 4.69) is 24.0 Å². The van der Waals surface area contributed by atoms with Gasteiger partial charge in [-0.3, -0.25) is 0 Å². The molecule has 1 N–H and O–H groups in total. The predicted molar refractivity (Wildman–Crippen MR) is 57.5 cm³/mol. The molecule has 0 saturated heterocycles. The smallest absolute Gasteiger partial charge is 0.127 e. The Hall–Kier alpha value is -1.57. The van der Waals surface area contributed by atoms with E-state index in [1.165, 1.54) is 5.56 Å². The second kappa shape index (κ2) is 3.29. The summed E-state index contributed by atoms with van der Waals surface area (Å²) in [6.07, 6.45) is 2.90. The van der Waals surface area contributed by atoms with Crippen molar-refractivity contribution in [3.63, 3.8) is 0 Å². The third-order valence-electron chi connectivity index (χ3n) is 2.56. The van der Waals surface area contributed by atoms with Gasteiger partial charge < -0.3 is 9.78 Å². The number of carbonyl (C=O) groups excluding carboxylic acids is 1. The fourth-order valence-electron chi connectivity index (χ4n) is 1.71. The third kappa shape index (κ3) is 1.33. The monoisotopic (exact) mass is 187 g/mol. The van der Waals surface area contributed by atoms with Crippen LogP contribution in [-0.2, 0) is 4.79 Å². The van der Waals surface area contributed by atoms with Gasteiger partial charge in [-0.1, -0.05) is 18.6 Å². The average Bonchev–Trinajstić information content (AvgIpc) is 2.59. The maximum atomic E-state index is 10.7. The van der Waals surface area contributed by atoms with Gasteiger partial charge in [-0.25, -0.2) is 0 Å². The Morgan fingerprint density at radius 1 is 1.43 bits per heavy atom. The van der Waals surface area contributed by atoms with Crippen molar-refractivity contribution < 1.29 is 4.79 Å². The molecule has 14 heavy (non-hydrogen) atoms. The maximum Gasteiger partial charge on any atom is 0.127 e. The number of nitrogens with one attached hydrogen (secondary N) is 1. The second-order valence-corrected chi connectivity index (χ2v) is 3.72. The van der Waals surface area contributed by atoms with Crippen LogP contribution >= 0.6 is 0 Å². The average molecular weight is 187 g/mol. The SMILES string of the molecule is Cc1ccc2[nH]cc(C(C)C=O)c2c1. The number of aromatic nitrogens is 1. The minimum Gasteiger partial charge on any atom is -0.361 e. The lowest BCUT2D eigenvalue weighted by Crippen LogP contribution is -1.92. The summed E-state index contributed by atoms with van der Waals surface area (Å²) in [5, 5.41) is 1.16. The summed E-state index contributed by atoms with van der Waals surface area (Å²) in [7, 11) is 0. The van der Waals surface area contributed by atoms with Crippen molar-refractivity contribution in [3.05, 3.63) is 35.5 Å². The molecule has 2 nitrogen and oxygen atoms in total. The van der Waals surface area contributed by atoms with Crippen LogP contribution in [0.25, 0.3) is 10.9 Å². The molecule has 1 heterocycles. The van der Waals surface area contributed by atoms with E-state index in [0.717, 1.165) is 22.8 Å². The summed E-state index contributed by atoms with van der Waals surface area (Å²) in [5.74, 6) is -0.0365. The maximum absolute atomic E-state index is 10.7. The highest BCUT2D eigenvalue weighted by Gasteiger charge is 2.09. The number of carbonyl (C=O) groups is 1. The van der Waals surface area contributed by atoms with Crippen LogP contribution in [-0.4, -0.2) is 11.3 Å². The fourth-order valence-corrected chi connectivity index (χ4v) is 1.71. The fraction of sp³-hybridized carbons (Fsp3) is 0.250. The van der Waals surface area contributed by atoms with Crippen molar-refractivity contribution in [1.29, 1.82) is 0 Å². The standard InChI is InChI=1S/C12H13NO/c1-8-3-4-12-10(5-8)11(6-13-12)9(2)7-14/h3-7,9,13H,1-2H3. The Kier molecular flexibility index (Phi) is 2.12. The van der Waals surface area contributed by atoms with Gasteiger partial charge in [-0.15, -0.1) is 0 Å². The summed E-state index contributed by atoms with van der Waals surface area (Å²) in [6, 6.07) is 6.22. The van der Waals surface area contributed by atoms with E-state index in [1.54, 1.807) is 0 Å². The lowest BCUT2D eigenvalue weighted by molar-refractivity contribution is -0.108. The van der Waals surface area contributed by atoms with E-state index >= 15 is 0 Å². The summed E-state index contributed by atoms with van der Waals surface area (Å²) >= 11 is 0. The van der Waals surface area contributed by atoms with Gasteiger partial charge in [0, 0.05) is 23.0 Å². The van der Waals surface area contributed by atoms with E-state index in [1.807, 2.05) is 19.2 Å². The molecule has 0 aliphatic rings. The molecule has 1 unspecified atom stereocenters. The van der Waals surface area contributed by atoms with Crippen LogP contribution in [0.15, 0.2) is 24.4 Å². The molecule has 0 radical (unpaired) electrons. The molecule has 0 aliphatic heterocycles. The van der Waals surface area contributed by atoms with Crippen LogP contribution in [0, 0.1) is 6.92 Å². The predicted octanol–water partition coefficient (Wildman–Crippen LogP) is 2.78. The number of rotatable bonds is 2. The lowest BCUT2D eigenvalue weighted by atomic mass is 10.0. The van der Waals surface area contributed by atoms with Gasteiger partial charge in [0.2, 0.25) is 0 Å². The van der Waals surface area contributed by atoms with Crippen LogP contribution in [0.2, 0.25) is 0 Å². The van der Waals surface area contributed by atoms with Crippen molar-refractivity contribution in [2.24, 2.45) is 0 Å². The Bertz CT molecular complexity index is 470. The van der Waals surface area contributed by atoms with Gasteiger partial charge >= 0.3 is 0 Å². The van der Waals surface area contributed by atoms with Crippen molar-refractivity contribution in [2.45, 2.75) is 19.8 Å². The number of hydrogen-bond donors (Lipinski definition) is 1. The van der Waals surface area contributed by atoms with Crippen LogP contribution in [0.1, 0.15) is 24.0 Å². The normalized spacial score (nSPS) is 13.0. The van der Waals surface area contributed by atoms with Crippen molar-refractivity contribution in [2.75, 3.05) is 0 Å². The molecule has 1 atom stereocenters. The van der Waals surface area contributed by atoms with E-state index in [4.69, 9.17) is 0 Å². The highest BCUT2D eigenvalue weighted by atomic mass is 16.1. The van der Waals surface area contributed by atoms with Gasteiger partial charge in [-0.05, 0) is 24.6 Å². The largest absolute Gasteiger partial charge is 0.361 e. The molecular weight excluding hydrogens is 174 g/mol. The Morgan fingerprint density at radius 2 is 2.21 bits per heavy atom. The van der Waals surface area contributed by atoms with Gasteiger partial charge in [0.05, 0.1) is 0 Å². The molecule has 0 spiro atoms. The number of fused-ring (bicyclic) bond motifs is 1. The van der Waals surface area contributed by atoms with Crippen LogP contribution < -0.4 is 0 Å². The van der Waals surface area contributed by atoms with E-state index < -0.39 is 0 Å². The molecule has 1 aromatic carbocycles. The van der Waals surface area contributed by atoms with Gasteiger partial charge in [-0.2, -0.15) is 0 Å². The Morgan fingerprint density at radius 3 is 2.93 bits per heavy atom. The lowest BCUT2D eigenvalue weighted by Gasteiger charge is -2.01. The summed E-state index contributed by atoms with van der Waals surface area (Å²) < 4.78 is 0. The van der Waals surface area contributed by atoms with Crippen molar-refractivity contribution in [3.8, 4) is 0 Å². The number of aryl methyl sites for hydroxylation is 1. The zero-order valence-electron chi connectivity index (χ0n) is 8.37. The number of benzene rings is 1. The zero-order chi connectivity index (χ0) is 10.1. The second-order valence-electron chi connectivity index (χ2n) is 3.72. The molecule has 0 amide bonds. The highest BCUT2D eigenvalue weighted by molar-refractivity contribution is 5.87. The zero-order valence-corrected chi connectivity index (χ0v) is 8.37. The van der Waals surface area contributed by atoms with E-state index in [9.17, 15) is 4.79 Å². The molecule has 0 fully saturated rings. The van der Waals surface area contributed by atoms with Crippen LogP contribution in [0.4, 0.5) is 0 Å². The molecular formula is C12H13NO.